The Kier molecular flexibility index (Phi) is 2.88. The molecule has 1 aromatic heterocycles. The Labute approximate surface area is 95.9 Å². The van der Waals surface area contributed by atoms with E-state index in [1.54, 1.807) is 18.0 Å². The summed E-state index contributed by atoms with van der Waals surface area (Å²) >= 11 is 1.28. The van der Waals surface area contributed by atoms with Crippen molar-refractivity contribution in [1.29, 1.82) is 0 Å². The molecule has 1 aliphatic heterocycles. The van der Waals surface area contributed by atoms with Gasteiger partial charge in [-0.05, 0) is 6.92 Å². The van der Waals surface area contributed by atoms with Crippen LogP contribution < -0.4 is 10.2 Å². The first-order valence-corrected chi connectivity index (χ1v) is 5.59. The molecular formula is C9H11N3O3S. The van der Waals surface area contributed by atoms with E-state index in [4.69, 9.17) is 0 Å². The fourth-order valence-electron chi connectivity index (χ4n) is 1.39. The molecule has 0 spiro atoms. The van der Waals surface area contributed by atoms with Crippen LogP contribution in [-0.4, -0.2) is 35.0 Å². The van der Waals surface area contributed by atoms with E-state index in [1.807, 2.05) is 0 Å². The van der Waals surface area contributed by atoms with Crippen LogP contribution in [-0.2, 0) is 9.59 Å². The molecule has 0 bridgehead atoms. The van der Waals surface area contributed by atoms with E-state index in [0.717, 1.165) is 0 Å². The molecule has 0 saturated carbocycles. The van der Waals surface area contributed by atoms with E-state index < -0.39 is 6.10 Å². The maximum absolute atomic E-state index is 11.2. The Morgan fingerprint density at radius 2 is 2.12 bits per heavy atom. The van der Waals surface area contributed by atoms with E-state index in [2.05, 4.69) is 10.3 Å². The number of hydrogen-bond donors (Lipinski definition) is 2. The normalized spacial score (nSPS) is 18.5. The van der Waals surface area contributed by atoms with Gasteiger partial charge in [0.05, 0.1) is 11.0 Å². The van der Waals surface area contributed by atoms with Gasteiger partial charge < -0.3 is 10.0 Å². The minimum atomic E-state index is -0.583. The average molecular weight is 241 g/mol. The molecule has 2 rings (SSSR count). The number of aliphatic hydroxyl groups is 1. The van der Waals surface area contributed by atoms with Crippen molar-refractivity contribution in [1.82, 2.24) is 10.3 Å². The second-order valence-electron chi connectivity index (χ2n) is 3.55. The van der Waals surface area contributed by atoms with Crippen LogP contribution in [0.25, 0.3) is 0 Å². The summed E-state index contributed by atoms with van der Waals surface area (Å²) in [5.74, 6) is -0.657. The second-order valence-corrected chi connectivity index (χ2v) is 4.59. The summed E-state index contributed by atoms with van der Waals surface area (Å²) in [6.07, 6.45) is 0.974. The highest BCUT2D eigenvalue weighted by molar-refractivity contribution is 7.15. The minimum absolute atomic E-state index is 0.124. The standard InChI is InChI=1S/C9H11N3O3S/c1-5(13)6-2-10-9(16-6)12-3-7(14)11-8(15)4-12/h2,5,13H,3-4H2,1H3,(H,11,14,15). The van der Waals surface area contributed by atoms with Crippen molar-refractivity contribution >= 4 is 28.3 Å². The van der Waals surface area contributed by atoms with Crippen LogP contribution in [0.1, 0.15) is 17.9 Å². The third-order valence-corrected chi connectivity index (χ3v) is 3.37. The monoisotopic (exact) mass is 241 g/mol. The molecule has 16 heavy (non-hydrogen) atoms. The first-order valence-electron chi connectivity index (χ1n) is 4.77. The number of rotatable bonds is 2. The summed E-state index contributed by atoms with van der Waals surface area (Å²) in [7, 11) is 0. The summed E-state index contributed by atoms with van der Waals surface area (Å²) in [5, 5.41) is 12.1. The highest BCUT2D eigenvalue weighted by Crippen LogP contribution is 2.27. The van der Waals surface area contributed by atoms with Gasteiger partial charge in [0.25, 0.3) is 0 Å². The van der Waals surface area contributed by atoms with Gasteiger partial charge in [0.1, 0.15) is 13.1 Å². The Hall–Kier alpha value is -1.47. The van der Waals surface area contributed by atoms with Gasteiger partial charge in [0.2, 0.25) is 11.8 Å². The van der Waals surface area contributed by atoms with E-state index >= 15 is 0 Å². The molecule has 2 N–H and O–H groups in total. The first-order chi connectivity index (χ1) is 7.56. The number of nitrogens with zero attached hydrogens (tertiary/aromatic N) is 2. The zero-order valence-corrected chi connectivity index (χ0v) is 9.45. The highest BCUT2D eigenvalue weighted by atomic mass is 32.1. The number of thiazole rings is 1. The summed E-state index contributed by atoms with van der Waals surface area (Å²) < 4.78 is 0. The van der Waals surface area contributed by atoms with Crippen LogP contribution in [0.2, 0.25) is 0 Å². The lowest BCUT2D eigenvalue weighted by Gasteiger charge is -2.24. The number of imide groups is 1. The predicted octanol–water partition coefficient (Wildman–Crippen LogP) is -0.341. The van der Waals surface area contributed by atoms with Crippen LogP contribution in [0.15, 0.2) is 6.20 Å². The number of nitrogens with one attached hydrogen (secondary N) is 1. The molecule has 1 unspecified atom stereocenters. The van der Waals surface area contributed by atoms with Crippen molar-refractivity contribution in [3.63, 3.8) is 0 Å². The van der Waals surface area contributed by atoms with Crippen LogP contribution in [0.5, 0.6) is 0 Å². The molecule has 0 aliphatic carbocycles. The van der Waals surface area contributed by atoms with E-state index in [1.165, 1.54) is 11.3 Å². The highest BCUT2D eigenvalue weighted by Gasteiger charge is 2.24. The molecule has 1 aliphatic rings. The number of aromatic nitrogens is 1. The third kappa shape index (κ3) is 2.20. The van der Waals surface area contributed by atoms with Gasteiger partial charge in [-0.15, -0.1) is 0 Å². The summed E-state index contributed by atoms with van der Waals surface area (Å²) in [4.78, 5) is 28.7. The van der Waals surface area contributed by atoms with Crippen molar-refractivity contribution in [2.45, 2.75) is 13.0 Å². The summed E-state index contributed by atoms with van der Waals surface area (Å²) in [6.45, 7) is 1.89. The van der Waals surface area contributed by atoms with Crippen molar-refractivity contribution < 1.29 is 14.7 Å². The predicted molar refractivity (Wildman–Crippen MR) is 58.1 cm³/mol. The fraction of sp³-hybridized carbons (Fsp3) is 0.444. The van der Waals surface area contributed by atoms with Crippen LogP contribution >= 0.6 is 11.3 Å². The molecule has 1 aromatic rings. The number of anilines is 1. The third-order valence-electron chi connectivity index (χ3n) is 2.14. The van der Waals surface area contributed by atoms with E-state index in [9.17, 15) is 14.7 Å². The smallest absolute Gasteiger partial charge is 0.246 e. The Balaban J connectivity index is 2.16. The molecule has 0 radical (unpaired) electrons. The second kappa shape index (κ2) is 4.18. The molecule has 1 saturated heterocycles. The van der Waals surface area contributed by atoms with E-state index in [-0.39, 0.29) is 24.9 Å². The zero-order chi connectivity index (χ0) is 11.7. The van der Waals surface area contributed by atoms with Gasteiger partial charge in [-0.1, -0.05) is 11.3 Å². The van der Waals surface area contributed by atoms with Crippen LogP contribution in [0.3, 0.4) is 0 Å². The van der Waals surface area contributed by atoms with Gasteiger partial charge >= 0.3 is 0 Å². The first kappa shape index (κ1) is 11.0. The maximum Gasteiger partial charge on any atom is 0.246 e. The van der Waals surface area contributed by atoms with Gasteiger partial charge in [-0.25, -0.2) is 4.98 Å². The van der Waals surface area contributed by atoms with Crippen molar-refractivity contribution in [2.24, 2.45) is 0 Å². The number of hydrogen-bond acceptors (Lipinski definition) is 6. The van der Waals surface area contributed by atoms with Crippen LogP contribution in [0.4, 0.5) is 5.13 Å². The van der Waals surface area contributed by atoms with Crippen molar-refractivity contribution in [3.8, 4) is 0 Å². The minimum Gasteiger partial charge on any atom is -0.388 e. The molecule has 2 heterocycles. The average Bonchev–Trinajstić information content (AvgIpc) is 2.64. The number of carbonyl (C=O) groups excluding carboxylic acids is 2. The topological polar surface area (TPSA) is 82.5 Å². The summed E-state index contributed by atoms with van der Waals surface area (Å²) in [6, 6.07) is 0. The number of piperazine rings is 1. The fourth-order valence-corrected chi connectivity index (χ4v) is 2.24. The molecule has 2 amide bonds. The Morgan fingerprint density at radius 3 is 2.62 bits per heavy atom. The Bertz CT molecular complexity index is 413. The van der Waals surface area contributed by atoms with Gasteiger partial charge in [0.15, 0.2) is 5.13 Å². The molecular weight excluding hydrogens is 230 g/mol. The molecule has 6 nitrogen and oxygen atoms in total. The molecule has 1 atom stereocenters. The number of aliphatic hydroxyl groups excluding tert-OH is 1. The van der Waals surface area contributed by atoms with Gasteiger partial charge in [0, 0.05) is 6.20 Å². The largest absolute Gasteiger partial charge is 0.388 e. The molecule has 0 aromatic carbocycles. The van der Waals surface area contributed by atoms with Gasteiger partial charge in [-0.2, -0.15) is 0 Å². The lowest BCUT2D eigenvalue weighted by Crippen LogP contribution is -2.51. The zero-order valence-electron chi connectivity index (χ0n) is 8.64. The number of amides is 2. The number of carbonyl (C=O) groups is 2. The van der Waals surface area contributed by atoms with Gasteiger partial charge in [-0.3, -0.25) is 14.9 Å². The van der Waals surface area contributed by atoms with E-state index in [0.29, 0.717) is 10.0 Å². The quantitative estimate of drug-likeness (QED) is 0.692. The Morgan fingerprint density at radius 1 is 1.50 bits per heavy atom. The van der Waals surface area contributed by atoms with Crippen molar-refractivity contribution in [2.75, 3.05) is 18.0 Å². The SMILES string of the molecule is CC(O)c1cnc(N2CC(=O)NC(=O)C2)s1. The lowest BCUT2D eigenvalue weighted by molar-refractivity contribution is -0.130. The lowest BCUT2D eigenvalue weighted by atomic mass is 10.3. The summed E-state index contributed by atoms with van der Waals surface area (Å²) in [5.41, 5.74) is 0. The maximum atomic E-state index is 11.2. The van der Waals surface area contributed by atoms with Crippen molar-refractivity contribution in [3.05, 3.63) is 11.1 Å². The molecule has 86 valence electrons. The molecule has 7 heteroatoms. The van der Waals surface area contributed by atoms with Crippen LogP contribution in [0, 0.1) is 0 Å². The molecule has 1 fully saturated rings.